The fourth-order valence-corrected chi connectivity index (χ4v) is 2.77. The minimum atomic E-state index is -0.556. The lowest BCUT2D eigenvalue weighted by Gasteiger charge is -2.30. The molecule has 0 spiro atoms. The first kappa shape index (κ1) is 15.9. The molecule has 3 N–H and O–H groups in total. The number of β-amino-alcohol motifs (C(OH)–C–C–N with tert-alkyl or cyclic N) is 1. The van der Waals surface area contributed by atoms with Crippen LogP contribution in [-0.4, -0.2) is 66.1 Å². The Kier molecular flexibility index (Phi) is 5.75. The number of aliphatic hydroxyl groups excluding tert-OH is 1. The van der Waals surface area contributed by atoms with Crippen molar-refractivity contribution >= 4 is 11.8 Å². The molecular formula is C13H25N3O3. The van der Waals surface area contributed by atoms with E-state index >= 15 is 0 Å². The van der Waals surface area contributed by atoms with Crippen molar-refractivity contribution in [2.45, 2.75) is 26.3 Å². The molecule has 1 saturated heterocycles. The molecule has 1 rings (SSSR count). The third kappa shape index (κ3) is 3.91. The zero-order valence-electron chi connectivity index (χ0n) is 12.0. The molecule has 0 radical (unpaired) electrons. The van der Waals surface area contributed by atoms with Gasteiger partial charge in [0, 0.05) is 20.1 Å². The van der Waals surface area contributed by atoms with Crippen LogP contribution in [0, 0.1) is 11.8 Å². The van der Waals surface area contributed by atoms with Gasteiger partial charge in [0.2, 0.25) is 11.8 Å². The maximum Gasteiger partial charge on any atom is 0.240 e. The molecule has 2 amide bonds. The van der Waals surface area contributed by atoms with Crippen molar-refractivity contribution in [3.63, 3.8) is 0 Å². The summed E-state index contributed by atoms with van der Waals surface area (Å²) >= 11 is 0. The Hall–Kier alpha value is -1.14. The van der Waals surface area contributed by atoms with Crippen molar-refractivity contribution < 1.29 is 14.7 Å². The summed E-state index contributed by atoms with van der Waals surface area (Å²) in [4.78, 5) is 27.4. The van der Waals surface area contributed by atoms with Gasteiger partial charge >= 0.3 is 0 Å². The van der Waals surface area contributed by atoms with Gasteiger partial charge < -0.3 is 20.6 Å². The average molecular weight is 271 g/mol. The third-order valence-electron chi connectivity index (χ3n) is 3.73. The summed E-state index contributed by atoms with van der Waals surface area (Å²) in [5.74, 6) is -0.590. The maximum atomic E-state index is 12.4. The van der Waals surface area contributed by atoms with Crippen molar-refractivity contribution in [2.24, 2.45) is 17.6 Å². The Morgan fingerprint density at radius 1 is 1.47 bits per heavy atom. The molecule has 0 saturated carbocycles. The molecule has 1 fully saturated rings. The van der Waals surface area contributed by atoms with Gasteiger partial charge in [-0.05, 0) is 18.9 Å². The summed E-state index contributed by atoms with van der Waals surface area (Å²) in [5, 5.41) is 8.90. The number of carbonyl (C=O) groups excluding carboxylic acids is 2. The number of carbonyl (C=O) groups is 2. The monoisotopic (exact) mass is 271 g/mol. The van der Waals surface area contributed by atoms with Crippen LogP contribution < -0.4 is 5.73 Å². The highest BCUT2D eigenvalue weighted by Crippen LogP contribution is 2.20. The molecule has 2 atom stereocenters. The zero-order valence-corrected chi connectivity index (χ0v) is 12.0. The number of rotatable bonds is 6. The van der Waals surface area contributed by atoms with Crippen molar-refractivity contribution in [3.8, 4) is 0 Å². The minimum absolute atomic E-state index is 0.00129. The van der Waals surface area contributed by atoms with Crippen LogP contribution in [-0.2, 0) is 9.59 Å². The lowest BCUT2D eigenvalue weighted by Crippen LogP contribution is -2.50. The van der Waals surface area contributed by atoms with E-state index in [1.54, 1.807) is 7.05 Å². The van der Waals surface area contributed by atoms with Gasteiger partial charge in [0.1, 0.15) is 6.04 Å². The van der Waals surface area contributed by atoms with Crippen LogP contribution in [0.1, 0.15) is 20.3 Å². The second-order valence-electron chi connectivity index (χ2n) is 5.55. The molecule has 0 aromatic carbocycles. The summed E-state index contributed by atoms with van der Waals surface area (Å²) in [6.45, 7) is 5.92. The largest absolute Gasteiger partial charge is 0.395 e. The van der Waals surface area contributed by atoms with Crippen LogP contribution in [0.15, 0.2) is 0 Å². The van der Waals surface area contributed by atoms with E-state index in [1.165, 1.54) is 4.90 Å². The molecular weight excluding hydrogens is 246 g/mol. The number of hydrogen-bond donors (Lipinski definition) is 2. The van der Waals surface area contributed by atoms with Crippen LogP contribution in [0.2, 0.25) is 0 Å². The number of likely N-dealkylation sites (tertiary alicyclic amines) is 1. The Balaban J connectivity index is 2.64. The van der Waals surface area contributed by atoms with Crippen molar-refractivity contribution in [1.29, 1.82) is 0 Å². The predicted octanol–water partition coefficient (Wildman–Crippen LogP) is -0.731. The number of nitrogens with zero attached hydrogens (tertiary/aromatic N) is 2. The first-order chi connectivity index (χ1) is 8.88. The van der Waals surface area contributed by atoms with Gasteiger partial charge in [0.25, 0.3) is 0 Å². The molecule has 6 nitrogen and oxygen atoms in total. The molecule has 0 aliphatic carbocycles. The van der Waals surface area contributed by atoms with Crippen LogP contribution in [0.25, 0.3) is 0 Å². The first-order valence-corrected chi connectivity index (χ1v) is 6.77. The molecule has 1 aliphatic rings. The summed E-state index contributed by atoms with van der Waals surface area (Å²) in [6, 6.07) is -0.556. The van der Waals surface area contributed by atoms with Gasteiger partial charge in [-0.2, -0.15) is 0 Å². The maximum absolute atomic E-state index is 12.4. The molecule has 0 aromatic rings. The van der Waals surface area contributed by atoms with Gasteiger partial charge in [-0.1, -0.05) is 13.8 Å². The molecule has 1 aliphatic heterocycles. The van der Waals surface area contributed by atoms with Crippen LogP contribution in [0.3, 0.4) is 0 Å². The Bertz CT molecular complexity index is 333. The number of primary amides is 1. The van der Waals surface area contributed by atoms with Crippen LogP contribution >= 0.6 is 0 Å². The standard InChI is InChI=1S/C13H25N3O3/c1-9(2)11(12(14)18)15(3)13(19)10-4-5-16(8-10)6-7-17/h9-11,17H,4-8H2,1-3H3,(H2,14,18)/t10-,11?/m0/s1. The van der Waals surface area contributed by atoms with Crippen LogP contribution in [0.5, 0.6) is 0 Å². The number of nitrogens with two attached hydrogens (primary N) is 1. The van der Waals surface area contributed by atoms with E-state index in [-0.39, 0.29) is 24.3 Å². The Labute approximate surface area is 114 Å². The summed E-state index contributed by atoms with van der Waals surface area (Å²) < 4.78 is 0. The smallest absolute Gasteiger partial charge is 0.240 e. The summed E-state index contributed by atoms with van der Waals surface area (Å²) in [7, 11) is 1.65. The fraction of sp³-hybridized carbons (Fsp3) is 0.846. The lowest BCUT2D eigenvalue weighted by atomic mass is 9.99. The lowest BCUT2D eigenvalue weighted by molar-refractivity contribution is -0.142. The van der Waals surface area contributed by atoms with Crippen molar-refractivity contribution in [2.75, 3.05) is 33.3 Å². The van der Waals surface area contributed by atoms with E-state index in [9.17, 15) is 9.59 Å². The van der Waals surface area contributed by atoms with Crippen molar-refractivity contribution in [1.82, 2.24) is 9.80 Å². The van der Waals surface area contributed by atoms with Gasteiger partial charge in [-0.15, -0.1) is 0 Å². The van der Waals surface area contributed by atoms with Gasteiger partial charge in [0.05, 0.1) is 12.5 Å². The van der Waals surface area contributed by atoms with E-state index in [0.29, 0.717) is 13.1 Å². The Morgan fingerprint density at radius 3 is 2.58 bits per heavy atom. The first-order valence-electron chi connectivity index (χ1n) is 6.77. The highest BCUT2D eigenvalue weighted by molar-refractivity contribution is 5.87. The number of aliphatic hydroxyl groups is 1. The zero-order chi connectivity index (χ0) is 14.6. The van der Waals surface area contributed by atoms with E-state index in [0.717, 1.165) is 13.0 Å². The molecule has 0 bridgehead atoms. The van der Waals surface area contributed by atoms with Gasteiger partial charge in [0.15, 0.2) is 0 Å². The third-order valence-corrected chi connectivity index (χ3v) is 3.73. The average Bonchev–Trinajstić information content (AvgIpc) is 2.76. The summed E-state index contributed by atoms with van der Waals surface area (Å²) in [6.07, 6.45) is 0.771. The van der Waals surface area contributed by atoms with Gasteiger partial charge in [-0.3, -0.25) is 9.59 Å². The second kappa shape index (κ2) is 6.86. The quantitative estimate of drug-likeness (QED) is 0.667. The SMILES string of the molecule is CC(C)C(C(N)=O)N(C)C(=O)[C@H]1CCN(CCO)C1. The van der Waals surface area contributed by atoms with E-state index < -0.39 is 11.9 Å². The minimum Gasteiger partial charge on any atom is -0.395 e. The van der Waals surface area contributed by atoms with E-state index in [4.69, 9.17) is 10.8 Å². The number of likely N-dealkylation sites (N-methyl/N-ethyl adjacent to an activating group) is 1. The molecule has 110 valence electrons. The van der Waals surface area contributed by atoms with Crippen molar-refractivity contribution in [3.05, 3.63) is 0 Å². The van der Waals surface area contributed by atoms with Crippen LogP contribution in [0.4, 0.5) is 0 Å². The second-order valence-corrected chi connectivity index (χ2v) is 5.55. The molecule has 1 heterocycles. The number of hydrogen-bond acceptors (Lipinski definition) is 4. The molecule has 1 unspecified atom stereocenters. The highest BCUT2D eigenvalue weighted by Gasteiger charge is 2.35. The molecule has 0 aromatic heterocycles. The van der Waals surface area contributed by atoms with E-state index in [2.05, 4.69) is 4.90 Å². The topological polar surface area (TPSA) is 86.9 Å². The Morgan fingerprint density at radius 2 is 2.11 bits per heavy atom. The molecule has 6 heteroatoms. The normalized spacial score (nSPS) is 21.6. The van der Waals surface area contributed by atoms with Gasteiger partial charge in [-0.25, -0.2) is 0 Å². The molecule has 19 heavy (non-hydrogen) atoms. The highest BCUT2D eigenvalue weighted by atomic mass is 16.3. The van der Waals surface area contributed by atoms with E-state index in [1.807, 2.05) is 13.8 Å². The predicted molar refractivity (Wildman–Crippen MR) is 72.2 cm³/mol. The summed E-state index contributed by atoms with van der Waals surface area (Å²) in [5.41, 5.74) is 5.37. The fourth-order valence-electron chi connectivity index (χ4n) is 2.77. The number of amides is 2.